The molecule has 1 N–H and O–H groups in total. The second-order valence-electron chi connectivity index (χ2n) is 6.30. The summed E-state index contributed by atoms with van der Waals surface area (Å²) in [4.78, 5) is 25.9. The van der Waals surface area contributed by atoms with E-state index in [-0.39, 0.29) is 13.0 Å². The van der Waals surface area contributed by atoms with Crippen LogP contribution in [0.4, 0.5) is 17.6 Å². The molecule has 27 heavy (non-hydrogen) atoms. The predicted octanol–water partition coefficient (Wildman–Crippen LogP) is 3.50. The Bertz CT molecular complexity index is 806. The van der Waals surface area contributed by atoms with Gasteiger partial charge in [0.1, 0.15) is 12.4 Å². The number of carbonyl (C=O) groups is 2. The molecule has 1 aromatic carbocycles. The Hall–Kier alpha value is -2.42. The molecule has 1 fully saturated rings. The first-order valence-electron chi connectivity index (χ1n) is 8.17. The van der Waals surface area contributed by atoms with Gasteiger partial charge in [-0.25, -0.2) is 4.39 Å². The van der Waals surface area contributed by atoms with Crippen molar-refractivity contribution in [1.82, 2.24) is 10.2 Å². The third-order valence-electron chi connectivity index (χ3n) is 4.27. The summed E-state index contributed by atoms with van der Waals surface area (Å²) in [6.45, 7) is -1.63. The second-order valence-corrected chi connectivity index (χ2v) is 7.28. The summed E-state index contributed by atoms with van der Waals surface area (Å²) in [5.74, 6) is -2.47. The first-order valence-corrected chi connectivity index (χ1v) is 9.04. The van der Waals surface area contributed by atoms with Crippen LogP contribution in [0, 0.1) is 11.7 Å². The molecule has 2 atom stereocenters. The van der Waals surface area contributed by atoms with Crippen LogP contribution in [-0.4, -0.2) is 36.0 Å². The standard InChI is InChI=1S/C18H16F4N2O2S/c19-13-5-3-11(4-6-13)16(14-2-1-7-27-14)23-17(26)12-8-15(25)24(9-12)10-18(20,21)22/h1-7,12,16H,8-10H2,(H,23,26). The van der Waals surface area contributed by atoms with Crippen LogP contribution in [0.1, 0.15) is 22.9 Å². The number of benzene rings is 1. The number of alkyl halides is 3. The van der Waals surface area contributed by atoms with Gasteiger partial charge in [0.15, 0.2) is 0 Å². The molecule has 0 spiro atoms. The van der Waals surface area contributed by atoms with Gasteiger partial charge in [0.25, 0.3) is 0 Å². The highest BCUT2D eigenvalue weighted by atomic mass is 32.1. The quantitative estimate of drug-likeness (QED) is 0.781. The molecule has 0 aliphatic carbocycles. The molecule has 2 aromatic rings. The number of carbonyl (C=O) groups excluding carboxylic acids is 2. The number of nitrogens with one attached hydrogen (secondary N) is 1. The molecule has 3 rings (SSSR count). The Labute approximate surface area is 156 Å². The number of hydrogen-bond donors (Lipinski definition) is 1. The maximum atomic E-state index is 13.2. The molecule has 2 unspecified atom stereocenters. The highest BCUT2D eigenvalue weighted by molar-refractivity contribution is 7.10. The first kappa shape index (κ1) is 19.3. The van der Waals surface area contributed by atoms with E-state index in [1.54, 1.807) is 12.1 Å². The van der Waals surface area contributed by atoms with E-state index in [9.17, 15) is 27.2 Å². The average molecular weight is 400 g/mol. The topological polar surface area (TPSA) is 49.4 Å². The zero-order chi connectivity index (χ0) is 19.6. The van der Waals surface area contributed by atoms with Crippen LogP contribution in [0.5, 0.6) is 0 Å². The lowest BCUT2D eigenvalue weighted by Gasteiger charge is -2.21. The number of halogens is 4. The van der Waals surface area contributed by atoms with E-state index < -0.39 is 42.3 Å². The fourth-order valence-electron chi connectivity index (χ4n) is 3.01. The number of likely N-dealkylation sites (tertiary alicyclic amines) is 1. The van der Waals surface area contributed by atoms with Gasteiger partial charge in [0, 0.05) is 17.8 Å². The van der Waals surface area contributed by atoms with Crippen molar-refractivity contribution in [2.24, 2.45) is 5.92 Å². The second kappa shape index (κ2) is 7.67. The lowest BCUT2D eigenvalue weighted by Crippen LogP contribution is -2.38. The monoisotopic (exact) mass is 400 g/mol. The van der Waals surface area contributed by atoms with Gasteiger partial charge in [-0.1, -0.05) is 18.2 Å². The van der Waals surface area contributed by atoms with Crippen molar-refractivity contribution in [2.45, 2.75) is 18.6 Å². The van der Waals surface area contributed by atoms with Crippen LogP contribution >= 0.6 is 11.3 Å². The van der Waals surface area contributed by atoms with E-state index in [4.69, 9.17) is 0 Å². The van der Waals surface area contributed by atoms with Gasteiger partial charge in [-0.3, -0.25) is 9.59 Å². The Kier molecular flexibility index (Phi) is 5.50. The zero-order valence-electron chi connectivity index (χ0n) is 14.0. The van der Waals surface area contributed by atoms with Gasteiger partial charge < -0.3 is 10.2 Å². The number of hydrogen-bond acceptors (Lipinski definition) is 3. The highest BCUT2D eigenvalue weighted by Crippen LogP contribution is 2.29. The summed E-state index contributed by atoms with van der Waals surface area (Å²) in [5, 5.41) is 4.61. The SMILES string of the molecule is O=C(NC(c1ccc(F)cc1)c1cccs1)C1CC(=O)N(CC(F)(F)F)C1. The fraction of sp³-hybridized carbons (Fsp3) is 0.333. The molecule has 0 bridgehead atoms. The Morgan fingerprint density at radius 1 is 1.26 bits per heavy atom. The van der Waals surface area contributed by atoms with E-state index in [1.165, 1.54) is 35.6 Å². The zero-order valence-corrected chi connectivity index (χ0v) is 14.8. The van der Waals surface area contributed by atoms with Crippen LogP contribution in [0.15, 0.2) is 41.8 Å². The maximum Gasteiger partial charge on any atom is 0.406 e. The van der Waals surface area contributed by atoms with Crippen LogP contribution in [0.3, 0.4) is 0 Å². The molecule has 1 saturated heterocycles. The van der Waals surface area contributed by atoms with Crippen LogP contribution in [0.2, 0.25) is 0 Å². The number of nitrogens with zero attached hydrogens (tertiary/aromatic N) is 1. The molecule has 2 amide bonds. The Morgan fingerprint density at radius 3 is 2.56 bits per heavy atom. The molecule has 1 aliphatic heterocycles. The summed E-state index contributed by atoms with van der Waals surface area (Å²) in [7, 11) is 0. The van der Waals surface area contributed by atoms with Crippen LogP contribution in [-0.2, 0) is 9.59 Å². The van der Waals surface area contributed by atoms with E-state index in [1.807, 2.05) is 5.38 Å². The van der Waals surface area contributed by atoms with Gasteiger partial charge in [0.05, 0.1) is 12.0 Å². The van der Waals surface area contributed by atoms with Gasteiger partial charge in [-0.05, 0) is 29.1 Å². The molecular weight excluding hydrogens is 384 g/mol. The van der Waals surface area contributed by atoms with Crippen LogP contribution in [0.25, 0.3) is 0 Å². The predicted molar refractivity (Wildman–Crippen MR) is 91.4 cm³/mol. The summed E-state index contributed by atoms with van der Waals surface area (Å²) >= 11 is 1.39. The number of thiophene rings is 1. The third-order valence-corrected chi connectivity index (χ3v) is 5.21. The molecule has 1 aromatic heterocycles. The summed E-state index contributed by atoms with van der Waals surface area (Å²) < 4.78 is 50.8. The maximum absolute atomic E-state index is 13.2. The molecule has 144 valence electrons. The minimum atomic E-state index is -4.51. The van der Waals surface area contributed by atoms with Crippen molar-refractivity contribution in [3.05, 3.63) is 58.0 Å². The van der Waals surface area contributed by atoms with Gasteiger partial charge in [-0.2, -0.15) is 13.2 Å². The van der Waals surface area contributed by atoms with E-state index in [2.05, 4.69) is 5.32 Å². The summed E-state index contributed by atoms with van der Waals surface area (Å²) in [6.07, 6.45) is -4.77. The molecule has 1 aliphatic rings. The van der Waals surface area contributed by atoms with Crippen molar-refractivity contribution in [3.63, 3.8) is 0 Å². The van der Waals surface area contributed by atoms with E-state index >= 15 is 0 Å². The highest BCUT2D eigenvalue weighted by Gasteiger charge is 2.41. The number of amides is 2. The van der Waals surface area contributed by atoms with Crippen molar-refractivity contribution in [3.8, 4) is 0 Å². The third kappa shape index (κ3) is 4.85. The van der Waals surface area contributed by atoms with Crippen molar-refractivity contribution < 1.29 is 27.2 Å². The van der Waals surface area contributed by atoms with Gasteiger partial charge >= 0.3 is 6.18 Å². The normalized spacial score (nSPS) is 18.6. The fourth-order valence-corrected chi connectivity index (χ4v) is 3.81. The van der Waals surface area contributed by atoms with Crippen LogP contribution < -0.4 is 5.32 Å². The van der Waals surface area contributed by atoms with Crippen molar-refractivity contribution >= 4 is 23.2 Å². The summed E-state index contributed by atoms with van der Waals surface area (Å²) in [5.41, 5.74) is 0.642. The van der Waals surface area contributed by atoms with Gasteiger partial charge in [0.2, 0.25) is 11.8 Å². The minimum Gasteiger partial charge on any atom is -0.344 e. The molecule has 2 heterocycles. The molecule has 9 heteroatoms. The number of rotatable bonds is 5. The van der Waals surface area contributed by atoms with Gasteiger partial charge in [-0.15, -0.1) is 11.3 Å². The van der Waals surface area contributed by atoms with Crippen molar-refractivity contribution in [2.75, 3.05) is 13.1 Å². The summed E-state index contributed by atoms with van der Waals surface area (Å²) in [6, 6.07) is 8.65. The van der Waals surface area contributed by atoms with E-state index in [0.717, 1.165) is 4.88 Å². The van der Waals surface area contributed by atoms with Crippen molar-refractivity contribution in [1.29, 1.82) is 0 Å². The largest absolute Gasteiger partial charge is 0.406 e. The lowest BCUT2D eigenvalue weighted by atomic mass is 10.0. The Morgan fingerprint density at radius 2 is 1.96 bits per heavy atom. The van der Waals surface area contributed by atoms with E-state index in [0.29, 0.717) is 10.5 Å². The molecule has 4 nitrogen and oxygen atoms in total. The minimum absolute atomic E-state index is 0.261. The first-order chi connectivity index (χ1) is 12.7. The lowest BCUT2D eigenvalue weighted by molar-refractivity contribution is -0.157. The average Bonchev–Trinajstić information content (AvgIpc) is 3.23. The molecule has 0 radical (unpaired) electrons. The Balaban J connectivity index is 1.74. The molecular formula is C18H16F4N2O2S. The smallest absolute Gasteiger partial charge is 0.344 e. The molecule has 0 saturated carbocycles.